The standard InChI is InChI=1S/C22H26Cl2N6O5/c1-2-34-20(32)10-18(14-6-15(23)9-16(24)7-14)29-19(31)11-27-21(33)13-4-3-5-17(8-13)28-22(26)30-35-12-25/h3-9,18H,2,10-12,25H2,1H3,(H,27,33)(H,29,31)(H3,26,28,30). The minimum absolute atomic E-state index is 0.0545. The number of guanidine groups is 1. The molecule has 1 atom stereocenters. The number of ether oxygens (including phenoxy) is 1. The van der Waals surface area contributed by atoms with Crippen LogP contribution in [0.5, 0.6) is 0 Å². The van der Waals surface area contributed by atoms with E-state index in [0.717, 1.165) is 0 Å². The number of hydrogen-bond donors (Lipinski definition) is 5. The maximum Gasteiger partial charge on any atom is 0.308 e. The zero-order valence-electron chi connectivity index (χ0n) is 18.8. The van der Waals surface area contributed by atoms with Crippen LogP contribution in [0.15, 0.2) is 47.5 Å². The second-order valence-corrected chi connectivity index (χ2v) is 7.85. The number of hydrogen-bond acceptors (Lipinski definition) is 7. The fourth-order valence-electron chi connectivity index (χ4n) is 2.92. The van der Waals surface area contributed by atoms with Crippen molar-refractivity contribution in [1.29, 1.82) is 0 Å². The Balaban J connectivity index is 2.04. The quantitative estimate of drug-likeness (QED) is 0.0974. The molecule has 0 spiro atoms. The Morgan fingerprint density at radius 2 is 1.83 bits per heavy atom. The van der Waals surface area contributed by atoms with Crippen molar-refractivity contribution in [2.45, 2.75) is 19.4 Å². The Morgan fingerprint density at radius 1 is 1.11 bits per heavy atom. The lowest BCUT2D eigenvalue weighted by Crippen LogP contribution is -2.39. The Bertz CT molecular complexity index is 1060. The van der Waals surface area contributed by atoms with Gasteiger partial charge in [-0.25, -0.2) is 10.5 Å². The summed E-state index contributed by atoms with van der Waals surface area (Å²) in [4.78, 5) is 45.9. The van der Waals surface area contributed by atoms with Crippen LogP contribution in [0.4, 0.5) is 5.69 Å². The van der Waals surface area contributed by atoms with E-state index in [4.69, 9.17) is 44.2 Å². The third-order valence-corrected chi connectivity index (χ3v) is 4.76. The zero-order chi connectivity index (χ0) is 25.8. The fraction of sp³-hybridized carbons (Fsp3) is 0.273. The van der Waals surface area contributed by atoms with E-state index < -0.39 is 23.8 Å². The highest BCUT2D eigenvalue weighted by molar-refractivity contribution is 6.34. The number of carbonyl (C=O) groups excluding carboxylic acids is 3. The van der Waals surface area contributed by atoms with Crippen molar-refractivity contribution < 1.29 is 24.0 Å². The molecule has 0 radical (unpaired) electrons. The van der Waals surface area contributed by atoms with Crippen molar-refractivity contribution in [2.24, 2.45) is 16.5 Å². The van der Waals surface area contributed by atoms with Crippen LogP contribution in [0, 0.1) is 0 Å². The predicted octanol–water partition coefficient (Wildman–Crippen LogP) is 1.92. The molecule has 35 heavy (non-hydrogen) atoms. The summed E-state index contributed by atoms with van der Waals surface area (Å²) < 4.78 is 4.99. The maximum absolute atomic E-state index is 12.6. The summed E-state index contributed by atoms with van der Waals surface area (Å²) in [6.07, 6.45) is -0.145. The van der Waals surface area contributed by atoms with Crippen molar-refractivity contribution in [1.82, 2.24) is 16.1 Å². The van der Waals surface area contributed by atoms with Gasteiger partial charge in [-0.3, -0.25) is 19.2 Å². The minimum atomic E-state index is -0.765. The van der Waals surface area contributed by atoms with Crippen molar-refractivity contribution in [2.75, 3.05) is 19.9 Å². The first kappa shape index (κ1) is 27.9. The highest BCUT2D eigenvalue weighted by Crippen LogP contribution is 2.25. The minimum Gasteiger partial charge on any atom is -0.466 e. The van der Waals surface area contributed by atoms with Crippen LogP contribution in [0.25, 0.3) is 0 Å². The summed E-state index contributed by atoms with van der Waals surface area (Å²) in [5.41, 5.74) is 14.3. The van der Waals surface area contributed by atoms with E-state index in [2.05, 4.69) is 21.1 Å². The molecule has 0 saturated carbocycles. The lowest BCUT2D eigenvalue weighted by atomic mass is 10.0. The summed E-state index contributed by atoms with van der Waals surface area (Å²) in [5.74, 6) is -1.62. The summed E-state index contributed by atoms with van der Waals surface area (Å²) in [6, 6.07) is 10.2. The fourth-order valence-corrected chi connectivity index (χ4v) is 3.46. The average Bonchev–Trinajstić information content (AvgIpc) is 2.80. The zero-order valence-corrected chi connectivity index (χ0v) is 20.4. The van der Waals surface area contributed by atoms with E-state index in [1.165, 1.54) is 12.1 Å². The first-order valence-electron chi connectivity index (χ1n) is 10.4. The molecular formula is C22H26Cl2N6O5. The van der Waals surface area contributed by atoms with Gasteiger partial charge in [0.05, 0.1) is 31.3 Å². The van der Waals surface area contributed by atoms with Gasteiger partial charge in [-0.1, -0.05) is 29.3 Å². The lowest BCUT2D eigenvalue weighted by Gasteiger charge is -2.19. The molecule has 0 aliphatic rings. The molecule has 11 nitrogen and oxygen atoms in total. The number of hydroxylamine groups is 1. The van der Waals surface area contributed by atoms with Gasteiger partial charge in [0.2, 0.25) is 11.9 Å². The van der Waals surface area contributed by atoms with Gasteiger partial charge in [-0.05, 0) is 48.9 Å². The van der Waals surface area contributed by atoms with Crippen molar-refractivity contribution in [3.8, 4) is 0 Å². The van der Waals surface area contributed by atoms with Gasteiger partial charge in [-0.2, -0.15) is 0 Å². The van der Waals surface area contributed by atoms with E-state index in [9.17, 15) is 14.4 Å². The summed E-state index contributed by atoms with van der Waals surface area (Å²) in [6.45, 7) is 1.41. The van der Waals surface area contributed by atoms with Crippen molar-refractivity contribution in [3.05, 3.63) is 63.6 Å². The van der Waals surface area contributed by atoms with Gasteiger partial charge in [-0.15, -0.1) is 0 Å². The van der Waals surface area contributed by atoms with E-state index in [1.807, 2.05) is 0 Å². The number of aliphatic imine (C=N–C) groups is 1. The van der Waals surface area contributed by atoms with Crippen LogP contribution in [-0.4, -0.2) is 43.6 Å². The molecule has 2 aromatic rings. The van der Waals surface area contributed by atoms with E-state index >= 15 is 0 Å². The van der Waals surface area contributed by atoms with Crippen LogP contribution in [0.2, 0.25) is 10.0 Å². The molecule has 0 saturated heterocycles. The van der Waals surface area contributed by atoms with Crippen molar-refractivity contribution >= 4 is 52.6 Å². The molecule has 2 aromatic carbocycles. The monoisotopic (exact) mass is 524 g/mol. The molecule has 2 amide bonds. The highest BCUT2D eigenvalue weighted by Gasteiger charge is 2.21. The first-order chi connectivity index (χ1) is 16.7. The number of halogens is 2. The maximum atomic E-state index is 12.6. The number of nitrogens with zero attached hydrogens (tertiary/aromatic N) is 1. The van der Waals surface area contributed by atoms with Crippen LogP contribution in [0.1, 0.15) is 35.3 Å². The number of carbonyl (C=O) groups is 3. The van der Waals surface area contributed by atoms with Gasteiger partial charge in [0.25, 0.3) is 5.91 Å². The molecule has 0 aromatic heterocycles. The molecule has 0 aliphatic carbocycles. The number of nitrogens with two attached hydrogens (primary N) is 2. The summed E-state index contributed by atoms with van der Waals surface area (Å²) >= 11 is 12.1. The summed E-state index contributed by atoms with van der Waals surface area (Å²) in [5, 5.41) is 5.90. The van der Waals surface area contributed by atoms with Crippen molar-refractivity contribution in [3.63, 3.8) is 0 Å². The Hall–Kier alpha value is -3.38. The lowest BCUT2D eigenvalue weighted by molar-refractivity contribution is -0.143. The predicted molar refractivity (Wildman–Crippen MR) is 132 cm³/mol. The molecule has 2 rings (SSSR count). The summed E-state index contributed by atoms with van der Waals surface area (Å²) in [7, 11) is 0. The van der Waals surface area contributed by atoms with Gasteiger partial charge < -0.3 is 26.8 Å². The van der Waals surface area contributed by atoms with Crippen LogP contribution in [0.3, 0.4) is 0 Å². The Morgan fingerprint density at radius 3 is 2.49 bits per heavy atom. The number of esters is 1. The third kappa shape index (κ3) is 9.79. The molecule has 1 unspecified atom stereocenters. The van der Waals surface area contributed by atoms with Gasteiger partial charge >= 0.3 is 5.97 Å². The molecule has 0 heterocycles. The Labute approximate surface area is 212 Å². The Kier molecular flexibility index (Phi) is 11.2. The van der Waals surface area contributed by atoms with E-state index in [-0.39, 0.29) is 37.8 Å². The second kappa shape index (κ2) is 14.1. The van der Waals surface area contributed by atoms with E-state index in [0.29, 0.717) is 21.3 Å². The molecule has 7 N–H and O–H groups in total. The average molecular weight is 525 g/mol. The van der Waals surface area contributed by atoms with Crippen LogP contribution >= 0.6 is 23.2 Å². The van der Waals surface area contributed by atoms with Crippen LogP contribution < -0.4 is 27.6 Å². The number of amides is 2. The van der Waals surface area contributed by atoms with Crippen LogP contribution in [-0.2, 0) is 19.2 Å². The van der Waals surface area contributed by atoms with E-state index in [1.54, 1.807) is 37.3 Å². The number of benzene rings is 2. The first-order valence-corrected chi connectivity index (χ1v) is 11.2. The molecular weight excluding hydrogens is 499 g/mol. The van der Waals surface area contributed by atoms with Gasteiger partial charge in [0.15, 0.2) is 0 Å². The normalized spacial score (nSPS) is 11.9. The number of nitrogens with one attached hydrogen (secondary N) is 3. The van der Waals surface area contributed by atoms with Gasteiger partial charge in [0, 0.05) is 15.6 Å². The highest BCUT2D eigenvalue weighted by atomic mass is 35.5. The molecule has 0 fully saturated rings. The number of rotatable bonds is 11. The largest absolute Gasteiger partial charge is 0.466 e. The molecule has 188 valence electrons. The smallest absolute Gasteiger partial charge is 0.308 e. The molecule has 0 aliphatic heterocycles. The second-order valence-electron chi connectivity index (χ2n) is 6.98. The topological polar surface area (TPSA) is 170 Å². The molecule has 0 bridgehead atoms. The third-order valence-electron chi connectivity index (χ3n) is 4.33. The SMILES string of the molecule is CCOC(=O)CC(NC(=O)CNC(=O)c1cccc(N=C(N)NOCN)c1)c1cc(Cl)cc(Cl)c1. The van der Waals surface area contributed by atoms with Gasteiger partial charge in [0.1, 0.15) is 6.73 Å². The molecule has 13 heteroatoms.